The number of carbonyl (C=O) groups excluding carboxylic acids is 2. The van der Waals surface area contributed by atoms with Crippen LogP contribution in [0.25, 0.3) is 4.96 Å². The van der Waals surface area contributed by atoms with Crippen molar-refractivity contribution in [3.05, 3.63) is 23.0 Å². The van der Waals surface area contributed by atoms with Gasteiger partial charge in [0.05, 0.1) is 12.1 Å². The van der Waals surface area contributed by atoms with Gasteiger partial charge in [-0.05, 0) is 13.3 Å². The molecule has 7 heteroatoms. The highest BCUT2D eigenvalue weighted by Gasteiger charge is 2.20. The highest BCUT2D eigenvalue weighted by Crippen LogP contribution is 2.17. The van der Waals surface area contributed by atoms with E-state index in [4.69, 9.17) is 0 Å². The normalized spacial score (nSPS) is 19.1. The lowest BCUT2D eigenvalue weighted by atomic mass is 10.1. The molecule has 2 aromatic heterocycles. The van der Waals surface area contributed by atoms with Gasteiger partial charge in [0.25, 0.3) is 0 Å². The monoisotopic (exact) mass is 292 g/mol. The molecule has 1 atom stereocenters. The van der Waals surface area contributed by atoms with Gasteiger partial charge in [0.2, 0.25) is 11.8 Å². The molecule has 0 aliphatic carbocycles. The summed E-state index contributed by atoms with van der Waals surface area (Å²) < 4.78 is 1.96. The molecule has 1 unspecified atom stereocenters. The fourth-order valence-electron chi connectivity index (χ4n) is 2.37. The van der Waals surface area contributed by atoms with E-state index >= 15 is 0 Å². The Kier molecular flexibility index (Phi) is 3.43. The van der Waals surface area contributed by atoms with E-state index in [1.165, 1.54) is 11.3 Å². The first kappa shape index (κ1) is 13.1. The number of aromatic nitrogens is 2. The van der Waals surface area contributed by atoms with Gasteiger partial charge in [0.1, 0.15) is 0 Å². The van der Waals surface area contributed by atoms with E-state index in [1.807, 2.05) is 22.9 Å². The van der Waals surface area contributed by atoms with Crippen molar-refractivity contribution in [3.63, 3.8) is 0 Å². The van der Waals surface area contributed by atoms with Crippen LogP contribution >= 0.6 is 11.3 Å². The smallest absolute Gasteiger partial charge is 0.226 e. The number of thiazole rings is 1. The van der Waals surface area contributed by atoms with Crippen LogP contribution in [-0.2, 0) is 16.0 Å². The van der Waals surface area contributed by atoms with Gasteiger partial charge >= 0.3 is 0 Å². The molecule has 1 fully saturated rings. The number of hydrogen-bond acceptors (Lipinski definition) is 4. The van der Waals surface area contributed by atoms with Gasteiger partial charge in [0.15, 0.2) is 4.96 Å². The van der Waals surface area contributed by atoms with Gasteiger partial charge in [-0.15, -0.1) is 11.3 Å². The van der Waals surface area contributed by atoms with E-state index in [0.29, 0.717) is 25.8 Å². The fraction of sp³-hybridized carbons (Fsp3) is 0.462. The third kappa shape index (κ3) is 2.67. The van der Waals surface area contributed by atoms with Crippen LogP contribution in [0.4, 0.5) is 0 Å². The van der Waals surface area contributed by atoms with Crippen molar-refractivity contribution in [1.29, 1.82) is 0 Å². The number of carbonyl (C=O) groups is 2. The molecule has 0 radical (unpaired) electrons. The average Bonchev–Trinajstić information content (AvgIpc) is 2.93. The van der Waals surface area contributed by atoms with E-state index in [2.05, 4.69) is 15.6 Å². The summed E-state index contributed by atoms with van der Waals surface area (Å²) in [6.07, 6.45) is 3.46. The summed E-state index contributed by atoms with van der Waals surface area (Å²) in [6, 6.07) is 0.0406. The van der Waals surface area contributed by atoms with Crippen molar-refractivity contribution >= 4 is 28.1 Å². The lowest BCUT2D eigenvalue weighted by Gasteiger charge is -2.23. The molecule has 2 aromatic rings. The fourth-order valence-corrected chi connectivity index (χ4v) is 3.29. The second kappa shape index (κ2) is 5.24. The van der Waals surface area contributed by atoms with Crippen LogP contribution in [0.3, 0.4) is 0 Å². The summed E-state index contributed by atoms with van der Waals surface area (Å²) in [5.74, 6) is 0.0427. The number of amides is 2. The maximum absolute atomic E-state index is 12.1. The molecular weight excluding hydrogens is 276 g/mol. The van der Waals surface area contributed by atoms with Crippen molar-refractivity contribution in [2.75, 3.05) is 6.54 Å². The summed E-state index contributed by atoms with van der Waals surface area (Å²) >= 11 is 1.54. The van der Waals surface area contributed by atoms with Gasteiger partial charge in [-0.2, -0.15) is 0 Å². The Labute approximate surface area is 120 Å². The second-order valence-corrected chi connectivity index (χ2v) is 5.88. The molecule has 0 bridgehead atoms. The maximum atomic E-state index is 12.1. The minimum Gasteiger partial charge on any atom is -0.354 e. The summed E-state index contributed by atoms with van der Waals surface area (Å²) in [6.45, 7) is 2.46. The van der Waals surface area contributed by atoms with Crippen LogP contribution in [0, 0.1) is 6.92 Å². The van der Waals surface area contributed by atoms with Crippen LogP contribution in [-0.4, -0.2) is 33.8 Å². The molecule has 3 heterocycles. The van der Waals surface area contributed by atoms with Crippen LogP contribution < -0.4 is 10.6 Å². The Hall–Kier alpha value is -1.89. The standard InChI is InChI=1S/C13H16N4O2S/c1-8-6-17-10(7-20-13(17)15-8)4-12(19)16-9-2-3-11(18)14-5-9/h6-7,9H,2-5H2,1H3,(H,14,18)(H,16,19). The molecule has 106 valence electrons. The highest BCUT2D eigenvalue weighted by atomic mass is 32.1. The molecule has 1 aliphatic heterocycles. The van der Waals surface area contributed by atoms with E-state index < -0.39 is 0 Å². The zero-order valence-electron chi connectivity index (χ0n) is 11.2. The average molecular weight is 292 g/mol. The number of imidazole rings is 1. The molecular formula is C13H16N4O2S. The predicted molar refractivity (Wildman–Crippen MR) is 75.7 cm³/mol. The van der Waals surface area contributed by atoms with E-state index in [-0.39, 0.29) is 17.9 Å². The van der Waals surface area contributed by atoms with Crippen molar-refractivity contribution in [2.24, 2.45) is 0 Å². The van der Waals surface area contributed by atoms with Crippen molar-refractivity contribution in [1.82, 2.24) is 20.0 Å². The minimum absolute atomic E-state index is 0.0165. The van der Waals surface area contributed by atoms with Gasteiger partial charge in [0, 0.05) is 36.3 Å². The third-order valence-corrected chi connectivity index (χ3v) is 4.26. The number of aryl methyl sites for hydroxylation is 1. The topological polar surface area (TPSA) is 75.5 Å². The summed E-state index contributed by atoms with van der Waals surface area (Å²) in [5.41, 5.74) is 1.90. The zero-order valence-corrected chi connectivity index (χ0v) is 12.0. The second-order valence-electron chi connectivity index (χ2n) is 5.05. The molecule has 20 heavy (non-hydrogen) atoms. The number of piperidine rings is 1. The minimum atomic E-state index is -0.0165. The number of hydrogen-bond donors (Lipinski definition) is 2. The van der Waals surface area contributed by atoms with Crippen molar-refractivity contribution < 1.29 is 9.59 Å². The quantitative estimate of drug-likeness (QED) is 0.872. The first-order valence-corrected chi connectivity index (χ1v) is 7.48. The highest BCUT2D eigenvalue weighted by molar-refractivity contribution is 7.15. The van der Waals surface area contributed by atoms with Crippen molar-refractivity contribution in [2.45, 2.75) is 32.2 Å². The molecule has 0 aromatic carbocycles. The first-order valence-electron chi connectivity index (χ1n) is 6.60. The van der Waals surface area contributed by atoms with E-state index in [1.54, 1.807) is 0 Å². The molecule has 2 amide bonds. The Morgan fingerprint density at radius 2 is 2.50 bits per heavy atom. The Morgan fingerprint density at radius 3 is 3.25 bits per heavy atom. The number of rotatable bonds is 3. The lowest BCUT2D eigenvalue weighted by molar-refractivity contribution is -0.125. The predicted octanol–water partition coefficient (Wildman–Crippen LogP) is 0.642. The summed E-state index contributed by atoms with van der Waals surface area (Å²) in [4.78, 5) is 28.4. The molecule has 0 saturated carbocycles. The van der Waals surface area contributed by atoms with Crippen molar-refractivity contribution in [3.8, 4) is 0 Å². The van der Waals surface area contributed by atoms with Gasteiger partial charge < -0.3 is 10.6 Å². The van der Waals surface area contributed by atoms with Crippen LogP contribution in [0.15, 0.2) is 11.6 Å². The number of fused-ring (bicyclic) bond motifs is 1. The van der Waals surface area contributed by atoms with Crippen LogP contribution in [0.1, 0.15) is 24.2 Å². The summed E-state index contributed by atoms with van der Waals surface area (Å²) in [7, 11) is 0. The Bertz CT molecular complexity index is 650. The number of nitrogens with one attached hydrogen (secondary N) is 2. The Balaban J connectivity index is 1.62. The van der Waals surface area contributed by atoms with Crippen LogP contribution in [0.2, 0.25) is 0 Å². The molecule has 6 nitrogen and oxygen atoms in total. The van der Waals surface area contributed by atoms with Crippen LogP contribution in [0.5, 0.6) is 0 Å². The maximum Gasteiger partial charge on any atom is 0.226 e. The Morgan fingerprint density at radius 1 is 1.65 bits per heavy atom. The molecule has 2 N–H and O–H groups in total. The van der Waals surface area contributed by atoms with Gasteiger partial charge in [-0.3, -0.25) is 14.0 Å². The van der Waals surface area contributed by atoms with Gasteiger partial charge in [-0.25, -0.2) is 4.98 Å². The van der Waals surface area contributed by atoms with E-state index in [9.17, 15) is 9.59 Å². The lowest BCUT2D eigenvalue weighted by Crippen LogP contribution is -2.48. The molecule has 1 aliphatic rings. The zero-order chi connectivity index (χ0) is 14.1. The van der Waals surface area contributed by atoms with E-state index in [0.717, 1.165) is 16.3 Å². The number of nitrogens with zero attached hydrogens (tertiary/aromatic N) is 2. The van der Waals surface area contributed by atoms with Gasteiger partial charge in [-0.1, -0.05) is 0 Å². The molecule has 0 spiro atoms. The first-order chi connectivity index (χ1) is 9.61. The molecule has 3 rings (SSSR count). The summed E-state index contributed by atoms with van der Waals surface area (Å²) in [5, 5.41) is 7.69. The largest absolute Gasteiger partial charge is 0.354 e. The third-order valence-electron chi connectivity index (χ3n) is 3.38. The SMILES string of the molecule is Cc1cn2c(CC(=O)NC3CCC(=O)NC3)csc2n1. The molecule has 1 saturated heterocycles.